The monoisotopic (exact) mass is 274 g/mol. The topological polar surface area (TPSA) is 53.7 Å². The molecule has 98 valence electrons. The van der Waals surface area contributed by atoms with Crippen LogP contribution in [0.5, 0.6) is 0 Å². The molecule has 0 saturated heterocycles. The van der Waals surface area contributed by atoms with Gasteiger partial charge in [-0.1, -0.05) is 6.07 Å². The Labute approximate surface area is 114 Å². The second-order valence-electron chi connectivity index (χ2n) is 4.27. The number of fused-ring (bicyclic) bond motifs is 1. The van der Waals surface area contributed by atoms with Crippen molar-refractivity contribution in [2.24, 2.45) is 0 Å². The van der Waals surface area contributed by atoms with Crippen LogP contribution in [0.15, 0.2) is 36.0 Å². The van der Waals surface area contributed by atoms with E-state index in [4.69, 9.17) is 0 Å². The lowest BCUT2D eigenvalue weighted by Crippen LogP contribution is -2.19. The summed E-state index contributed by atoms with van der Waals surface area (Å²) in [5, 5.41) is 11.5. The summed E-state index contributed by atoms with van der Waals surface area (Å²) in [6.45, 7) is 0.637. The summed E-state index contributed by atoms with van der Waals surface area (Å²) in [7, 11) is 1.96. The lowest BCUT2D eigenvalue weighted by Gasteiger charge is -2.17. The molecule has 0 aliphatic rings. The van der Waals surface area contributed by atoms with Gasteiger partial charge in [-0.2, -0.15) is 0 Å². The zero-order chi connectivity index (χ0) is 13.2. The maximum Gasteiger partial charge on any atom is 0.195 e. The fraction of sp³-hybridized carbons (Fsp3) is 0.231. The first-order valence-electron chi connectivity index (χ1n) is 5.96. The fourth-order valence-electron chi connectivity index (χ4n) is 2.08. The standard InChI is InChI=1S/C13H14N4OS/c1-16(8-10-4-2-3-5-14-10)12-11(9-18)17-6-7-19-13(17)15-12/h2-7,18H,8-9H2,1H3. The molecule has 0 saturated carbocycles. The number of aliphatic hydroxyl groups is 1. The molecular weight excluding hydrogens is 260 g/mol. The van der Waals surface area contributed by atoms with Crippen molar-refractivity contribution < 1.29 is 5.11 Å². The van der Waals surface area contributed by atoms with E-state index >= 15 is 0 Å². The number of aromatic nitrogens is 3. The van der Waals surface area contributed by atoms with Crippen LogP contribution in [0, 0.1) is 0 Å². The largest absolute Gasteiger partial charge is 0.390 e. The zero-order valence-corrected chi connectivity index (χ0v) is 11.3. The van der Waals surface area contributed by atoms with Gasteiger partial charge in [0.1, 0.15) is 0 Å². The van der Waals surface area contributed by atoms with E-state index in [2.05, 4.69) is 9.97 Å². The van der Waals surface area contributed by atoms with Crippen LogP contribution >= 0.6 is 11.3 Å². The van der Waals surface area contributed by atoms with E-state index in [0.717, 1.165) is 22.2 Å². The van der Waals surface area contributed by atoms with Crippen LogP contribution in [0.2, 0.25) is 0 Å². The van der Waals surface area contributed by atoms with Crippen LogP contribution in [0.3, 0.4) is 0 Å². The van der Waals surface area contributed by atoms with Crippen molar-refractivity contribution in [1.29, 1.82) is 0 Å². The molecule has 0 bridgehead atoms. The van der Waals surface area contributed by atoms with Crippen LogP contribution in [-0.4, -0.2) is 26.5 Å². The highest BCUT2D eigenvalue weighted by Crippen LogP contribution is 2.24. The van der Waals surface area contributed by atoms with E-state index in [9.17, 15) is 5.11 Å². The molecule has 0 aliphatic carbocycles. The molecule has 0 aliphatic heterocycles. The summed E-state index contributed by atoms with van der Waals surface area (Å²) < 4.78 is 1.93. The molecule has 6 heteroatoms. The molecule has 3 aromatic heterocycles. The van der Waals surface area contributed by atoms with E-state index in [-0.39, 0.29) is 6.61 Å². The first-order chi connectivity index (χ1) is 9.29. The molecule has 3 aromatic rings. The Balaban J connectivity index is 1.92. The number of rotatable bonds is 4. The SMILES string of the molecule is CN(Cc1ccccn1)c1nc2sccn2c1CO. The number of hydrogen-bond donors (Lipinski definition) is 1. The number of nitrogens with zero attached hydrogens (tertiary/aromatic N) is 4. The third-order valence-corrected chi connectivity index (χ3v) is 3.73. The van der Waals surface area contributed by atoms with Crippen LogP contribution < -0.4 is 4.90 Å². The smallest absolute Gasteiger partial charge is 0.195 e. The highest BCUT2D eigenvalue weighted by Gasteiger charge is 2.16. The van der Waals surface area contributed by atoms with Crippen molar-refractivity contribution in [3.63, 3.8) is 0 Å². The van der Waals surface area contributed by atoms with Gasteiger partial charge in [-0.15, -0.1) is 11.3 Å². The molecule has 19 heavy (non-hydrogen) atoms. The van der Waals surface area contributed by atoms with E-state index in [0.29, 0.717) is 6.54 Å². The third-order valence-electron chi connectivity index (χ3n) is 2.98. The molecule has 3 rings (SSSR count). The van der Waals surface area contributed by atoms with Crippen LogP contribution in [-0.2, 0) is 13.2 Å². The Morgan fingerprint density at radius 2 is 2.32 bits per heavy atom. The summed E-state index contributed by atoms with van der Waals surface area (Å²) in [6, 6.07) is 5.84. The first kappa shape index (κ1) is 12.1. The zero-order valence-electron chi connectivity index (χ0n) is 10.5. The predicted octanol–water partition coefficient (Wildman–Crippen LogP) is 1.92. The minimum Gasteiger partial charge on any atom is -0.390 e. The second kappa shape index (κ2) is 4.99. The van der Waals surface area contributed by atoms with E-state index in [1.807, 2.05) is 46.1 Å². The molecule has 0 atom stereocenters. The van der Waals surface area contributed by atoms with E-state index in [1.165, 1.54) is 0 Å². The maximum atomic E-state index is 9.54. The van der Waals surface area contributed by atoms with Crippen LogP contribution in [0.1, 0.15) is 11.4 Å². The average Bonchev–Trinajstić information content (AvgIpc) is 2.99. The highest BCUT2D eigenvalue weighted by molar-refractivity contribution is 7.15. The molecule has 1 N–H and O–H groups in total. The van der Waals surface area contributed by atoms with Gasteiger partial charge >= 0.3 is 0 Å². The Morgan fingerprint density at radius 1 is 1.42 bits per heavy atom. The molecule has 0 spiro atoms. The molecule has 0 unspecified atom stereocenters. The van der Waals surface area contributed by atoms with Gasteiger partial charge in [0, 0.05) is 24.8 Å². The number of pyridine rings is 1. The predicted molar refractivity (Wildman–Crippen MR) is 75.3 cm³/mol. The lowest BCUT2D eigenvalue weighted by molar-refractivity contribution is 0.276. The van der Waals surface area contributed by atoms with Gasteiger partial charge in [0.25, 0.3) is 0 Å². The van der Waals surface area contributed by atoms with Gasteiger partial charge in [-0.3, -0.25) is 9.38 Å². The molecule has 0 radical (unpaired) electrons. The third kappa shape index (κ3) is 2.20. The van der Waals surface area contributed by atoms with Crippen molar-refractivity contribution in [3.05, 3.63) is 47.4 Å². The minimum atomic E-state index is -0.0280. The fourth-order valence-corrected chi connectivity index (χ4v) is 2.81. The van der Waals surface area contributed by atoms with Gasteiger partial charge in [0.05, 0.1) is 24.5 Å². The van der Waals surface area contributed by atoms with Gasteiger partial charge in [-0.25, -0.2) is 4.98 Å². The summed E-state index contributed by atoms with van der Waals surface area (Å²) in [6.07, 6.45) is 3.71. The van der Waals surface area contributed by atoms with Crippen LogP contribution in [0.25, 0.3) is 4.96 Å². The van der Waals surface area contributed by atoms with Gasteiger partial charge in [-0.05, 0) is 12.1 Å². The molecule has 0 fully saturated rings. The van der Waals surface area contributed by atoms with Crippen LogP contribution in [0.4, 0.5) is 5.82 Å². The number of anilines is 1. The molecule has 0 amide bonds. The number of thiazole rings is 1. The van der Waals surface area contributed by atoms with Crippen molar-refractivity contribution in [2.45, 2.75) is 13.2 Å². The summed E-state index contributed by atoms with van der Waals surface area (Å²) in [4.78, 5) is 11.8. The number of hydrogen-bond acceptors (Lipinski definition) is 5. The quantitative estimate of drug-likeness (QED) is 0.789. The van der Waals surface area contributed by atoms with Gasteiger partial charge in [0.15, 0.2) is 10.8 Å². The second-order valence-corrected chi connectivity index (χ2v) is 5.15. The Bertz CT molecular complexity index is 676. The van der Waals surface area contributed by atoms with Crippen molar-refractivity contribution in [1.82, 2.24) is 14.4 Å². The average molecular weight is 274 g/mol. The molecule has 3 heterocycles. The normalized spacial score (nSPS) is 11.1. The summed E-state index contributed by atoms with van der Waals surface area (Å²) in [5.41, 5.74) is 1.79. The van der Waals surface area contributed by atoms with E-state index in [1.54, 1.807) is 17.5 Å². The number of imidazole rings is 1. The Kier molecular flexibility index (Phi) is 3.18. The van der Waals surface area contributed by atoms with Gasteiger partial charge < -0.3 is 10.0 Å². The number of aliphatic hydroxyl groups excluding tert-OH is 1. The van der Waals surface area contributed by atoms with Crippen molar-refractivity contribution >= 4 is 22.1 Å². The first-order valence-corrected chi connectivity index (χ1v) is 6.84. The molecular formula is C13H14N4OS. The Morgan fingerprint density at radius 3 is 3.05 bits per heavy atom. The van der Waals surface area contributed by atoms with E-state index < -0.39 is 0 Å². The van der Waals surface area contributed by atoms with Crippen molar-refractivity contribution in [2.75, 3.05) is 11.9 Å². The maximum absolute atomic E-state index is 9.54. The molecule has 0 aromatic carbocycles. The highest BCUT2D eigenvalue weighted by atomic mass is 32.1. The van der Waals surface area contributed by atoms with Crippen molar-refractivity contribution in [3.8, 4) is 0 Å². The van der Waals surface area contributed by atoms with Gasteiger partial charge in [0.2, 0.25) is 0 Å². The molecule has 5 nitrogen and oxygen atoms in total. The minimum absolute atomic E-state index is 0.0280. The Hall–Kier alpha value is -1.92. The summed E-state index contributed by atoms with van der Waals surface area (Å²) in [5.74, 6) is 0.806. The summed E-state index contributed by atoms with van der Waals surface area (Å²) >= 11 is 1.56. The lowest BCUT2D eigenvalue weighted by atomic mass is 10.3.